The van der Waals surface area contributed by atoms with Crippen LogP contribution >= 0.6 is 0 Å². The maximum atomic E-state index is 12.3. The van der Waals surface area contributed by atoms with Crippen molar-refractivity contribution < 1.29 is 14.3 Å². The van der Waals surface area contributed by atoms with Gasteiger partial charge in [-0.1, -0.05) is 25.8 Å². The zero-order chi connectivity index (χ0) is 15.4. The van der Waals surface area contributed by atoms with Crippen molar-refractivity contribution in [2.45, 2.75) is 51.5 Å². The van der Waals surface area contributed by atoms with Gasteiger partial charge >= 0.3 is 0 Å². The van der Waals surface area contributed by atoms with Crippen LogP contribution in [-0.4, -0.2) is 19.1 Å². The molecule has 3 rings (SSSR count). The van der Waals surface area contributed by atoms with Gasteiger partial charge in [0.2, 0.25) is 5.91 Å². The molecule has 1 heterocycles. The van der Waals surface area contributed by atoms with Crippen LogP contribution < -0.4 is 14.8 Å². The number of carbonyl (C=O) groups excluding carboxylic acids is 1. The third kappa shape index (κ3) is 3.54. The summed E-state index contributed by atoms with van der Waals surface area (Å²) >= 11 is 0. The largest absolute Gasteiger partial charge is 0.486 e. The number of amides is 1. The Kier molecular flexibility index (Phi) is 4.86. The van der Waals surface area contributed by atoms with Gasteiger partial charge in [-0.3, -0.25) is 4.79 Å². The third-order valence-electron chi connectivity index (χ3n) is 4.66. The number of hydrogen-bond donors (Lipinski definition) is 1. The molecule has 1 amide bonds. The number of nitrogens with one attached hydrogen (secondary N) is 1. The van der Waals surface area contributed by atoms with Crippen LogP contribution in [0.5, 0.6) is 11.5 Å². The van der Waals surface area contributed by atoms with Crippen LogP contribution in [0.2, 0.25) is 0 Å². The van der Waals surface area contributed by atoms with E-state index < -0.39 is 0 Å². The van der Waals surface area contributed by atoms with Gasteiger partial charge in [0, 0.05) is 6.42 Å². The lowest BCUT2D eigenvalue weighted by Crippen LogP contribution is -2.29. The molecule has 0 spiro atoms. The summed E-state index contributed by atoms with van der Waals surface area (Å²) in [6.07, 6.45) is 6.49. The normalized spacial score (nSPS) is 19.0. The first-order valence-electron chi connectivity index (χ1n) is 8.45. The second-order valence-corrected chi connectivity index (χ2v) is 6.29. The summed E-state index contributed by atoms with van der Waals surface area (Å²) in [5.74, 6) is 2.33. The molecule has 1 aliphatic carbocycles. The van der Waals surface area contributed by atoms with E-state index in [1.54, 1.807) is 0 Å². The second kappa shape index (κ2) is 7.03. The third-order valence-corrected chi connectivity index (χ3v) is 4.66. The number of fused-ring (bicyclic) bond motifs is 1. The van der Waals surface area contributed by atoms with Crippen molar-refractivity contribution in [3.63, 3.8) is 0 Å². The van der Waals surface area contributed by atoms with Crippen molar-refractivity contribution >= 4 is 5.91 Å². The summed E-state index contributed by atoms with van der Waals surface area (Å²) in [6, 6.07) is 6.01. The van der Waals surface area contributed by atoms with Crippen LogP contribution in [0.3, 0.4) is 0 Å². The maximum absolute atomic E-state index is 12.3. The van der Waals surface area contributed by atoms with E-state index in [2.05, 4.69) is 12.2 Å². The van der Waals surface area contributed by atoms with Crippen LogP contribution in [0.4, 0.5) is 0 Å². The van der Waals surface area contributed by atoms with Crippen LogP contribution in [0.25, 0.3) is 0 Å². The lowest BCUT2D eigenvalue weighted by Gasteiger charge is -2.22. The van der Waals surface area contributed by atoms with E-state index in [-0.39, 0.29) is 11.9 Å². The molecule has 1 aromatic carbocycles. The van der Waals surface area contributed by atoms with Gasteiger partial charge in [-0.2, -0.15) is 0 Å². The molecule has 0 radical (unpaired) electrons. The van der Waals surface area contributed by atoms with Crippen LogP contribution in [0, 0.1) is 5.92 Å². The van der Waals surface area contributed by atoms with Gasteiger partial charge in [0.05, 0.1) is 6.04 Å². The van der Waals surface area contributed by atoms with E-state index in [1.807, 2.05) is 18.2 Å². The summed E-state index contributed by atoms with van der Waals surface area (Å²) in [7, 11) is 0. The fourth-order valence-electron chi connectivity index (χ4n) is 3.43. The fraction of sp³-hybridized carbons (Fsp3) is 0.611. The first-order valence-corrected chi connectivity index (χ1v) is 8.45. The molecule has 0 bridgehead atoms. The monoisotopic (exact) mass is 303 g/mol. The Hall–Kier alpha value is -1.71. The Balaban J connectivity index is 1.64. The Labute approximate surface area is 132 Å². The van der Waals surface area contributed by atoms with Crippen LogP contribution in [0.15, 0.2) is 18.2 Å². The summed E-state index contributed by atoms with van der Waals surface area (Å²) in [5, 5.41) is 3.18. The molecule has 22 heavy (non-hydrogen) atoms. The van der Waals surface area contributed by atoms with E-state index >= 15 is 0 Å². The Morgan fingerprint density at radius 3 is 2.68 bits per heavy atom. The molecule has 2 aliphatic rings. The molecule has 1 saturated carbocycles. The summed E-state index contributed by atoms with van der Waals surface area (Å²) in [5.41, 5.74) is 1.09. The molecule has 1 N–H and O–H groups in total. The first-order chi connectivity index (χ1) is 10.8. The highest BCUT2D eigenvalue weighted by Gasteiger charge is 2.21. The highest BCUT2D eigenvalue weighted by Crippen LogP contribution is 2.33. The quantitative estimate of drug-likeness (QED) is 0.904. The van der Waals surface area contributed by atoms with Crippen LogP contribution in [-0.2, 0) is 4.79 Å². The van der Waals surface area contributed by atoms with Gasteiger partial charge in [0.25, 0.3) is 0 Å². The molecule has 120 valence electrons. The summed E-state index contributed by atoms with van der Waals surface area (Å²) < 4.78 is 11.2. The highest BCUT2D eigenvalue weighted by atomic mass is 16.6. The number of rotatable bonds is 5. The van der Waals surface area contributed by atoms with Gasteiger partial charge in [-0.25, -0.2) is 0 Å². The van der Waals surface area contributed by atoms with Gasteiger partial charge in [0.15, 0.2) is 11.5 Å². The topological polar surface area (TPSA) is 47.6 Å². The predicted molar refractivity (Wildman–Crippen MR) is 85.2 cm³/mol. The molecule has 4 nitrogen and oxygen atoms in total. The van der Waals surface area contributed by atoms with Crippen molar-refractivity contribution in [1.82, 2.24) is 5.32 Å². The molecule has 1 unspecified atom stereocenters. The lowest BCUT2D eigenvalue weighted by atomic mass is 10.0. The molecule has 1 fully saturated rings. The van der Waals surface area contributed by atoms with Gasteiger partial charge in [-0.05, 0) is 42.9 Å². The summed E-state index contributed by atoms with van der Waals surface area (Å²) in [6.45, 7) is 3.28. The lowest BCUT2D eigenvalue weighted by molar-refractivity contribution is -0.122. The molecule has 0 aromatic heterocycles. The maximum Gasteiger partial charge on any atom is 0.220 e. The molecule has 1 aromatic rings. The molecule has 1 aliphatic heterocycles. The zero-order valence-corrected chi connectivity index (χ0v) is 13.3. The van der Waals surface area contributed by atoms with Crippen LogP contribution in [0.1, 0.15) is 57.1 Å². The Morgan fingerprint density at radius 2 is 1.95 bits per heavy atom. The van der Waals surface area contributed by atoms with E-state index in [4.69, 9.17) is 9.47 Å². The minimum Gasteiger partial charge on any atom is -0.486 e. The van der Waals surface area contributed by atoms with Crippen molar-refractivity contribution in [3.05, 3.63) is 23.8 Å². The Bertz CT molecular complexity index is 523. The number of benzene rings is 1. The SMILES string of the molecule is CCC(NC(=O)CC1CCCC1)c1ccc2c(c1)OCCO2. The van der Waals surface area contributed by atoms with Gasteiger partial charge < -0.3 is 14.8 Å². The highest BCUT2D eigenvalue weighted by molar-refractivity contribution is 5.76. The minimum atomic E-state index is 0.0460. The van der Waals surface area contributed by atoms with E-state index in [0.717, 1.165) is 23.5 Å². The summed E-state index contributed by atoms with van der Waals surface area (Å²) in [4.78, 5) is 12.3. The van der Waals surface area contributed by atoms with Gasteiger partial charge in [-0.15, -0.1) is 0 Å². The minimum absolute atomic E-state index is 0.0460. The molecule has 0 saturated heterocycles. The fourth-order valence-corrected chi connectivity index (χ4v) is 3.43. The van der Waals surface area contributed by atoms with E-state index in [9.17, 15) is 4.79 Å². The second-order valence-electron chi connectivity index (χ2n) is 6.29. The molecule has 4 heteroatoms. The number of hydrogen-bond acceptors (Lipinski definition) is 3. The van der Waals surface area contributed by atoms with E-state index in [1.165, 1.54) is 25.7 Å². The Morgan fingerprint density at radius 1 is 1.23 bits per heavy atom. The van der Waals surface area contributed by atoms with Crippen molar-refractivity contribution in [2.24, 2.45) is 5.92 Å². The van der Waals surface area contributed by atoms with Crippen molar-refractivity contribution in [3.8, 4) is 11.5 Å². The number of ether oxygens (including phenoxy) is 2. The number of carbonyl (C=O) groups is 1. The average molecular weight is 303 g/mol. The smallest absolute Gasteiger partial charge is 0.220 e. The van der Waals surface area contributed by atoms with Crippen molar-refractivity contribution in [1.29, 1.82) is 0 Å². The van der Waals surface area contributed by atoms with Gasteiger partial charge in [0.1, 0.15) is 13.2 Å². The standard InChI is InChI=1S/C18H25NO3/c1-2-15(19-18(20)11-13-5-3-4-6-13)14-7-8-16-17(12-14)22-10-9-21-16/h7-8,12-13,15H,2-6,9-11H2,1H3,(H,19,20). The van der Waals surface area contributed by atoms with E-state index in [0.29, 0.717) is 25.6 Å². The predicted octanol–water partition coefficient (Wildman–Crippen LogP) is 3.61. The first kappa shape index (κ1) is 15.2. The molecular weight excluding hydrogens is 278 g/mol. The molecular formula is C18H25NO3. The molecule has 1 atom stereocenters. The van der Waals surface area contributed by atoms with Crippen molar-refractivity contribution in [2.75, 3.05) is 13.2 Å². The average Bonchev–Trinajstić information content (AvgIpc) is 3.05. The zero-order valence-electron chi connectivity index (χ0n) is 13.3.